The number of carbonyl (C=O) groups is 2. The van der Waals surface area contributed by atoms with Gasteiger partial charge < -0.3 is 9.47 Å². The lowest BCUT2D eigenvalue weighted by atomic mass is 10.2. The van der Waals surface area contributed by atoms with Crippen LogP contribution in [0.4, 0.5) is 22.0 Å². The number of ether oxygens (including phenoxy) is 2. The van der Waals surface area contributed by atoms with E-state index in [1.807, 2.05) is 0 Å². The molecule has 1 rings (SSSR count). The summed E-state index contributed by atoms with van der Waals surface area (Å²) in [6.07, 6.45) is -0.731. The molecule has 0 unspecified atom stereocenters. The molecule has 0 bridgehead atoms. The first-order valence-electron chi connectivity index (χ1n) is 6.88. The van der Waals surface area contributed by atoms with Gasteiger partial charge >= 0.3 is 11.9 Å². The van der Waals surface area contributed by atoms with Crippen LogP contribution < -0.4 is 4.74 Å². The van der Waals surface area contributed by atoms with Gasteiger partial charge in [0.2, 0.25) is 34.8 Å². The molecular weight excluding hydrogens is 339 g/mol. The normalized spacial score (nSPS) is 11.3. The van der Waals surface area contributed by atoms with Crippen molar-refractivity contribution in [2.24, 2.45) is 0 Å². The van der Waals surface area contributed by atoms with Crippen LogP contribution in [0.25, 0.3) is 0 Å². The van der Waals surface area contributed by atoms with Gasteiger partial charge in [0.1, 0.15) is 5.60 Å². The molecule has 9 heteroatoms. The molecule has 0 aliphatic rings. The van der Waals surface area contributed by atoms with Crippen molar-refractivity contribution in [2.75, 3.05) is 0 Å². The second-order valence-corrected chi connectivity index (χ2v) is 5.81. The van der Waals surface area contributed by atoms with Crippen molar-refractivity contribution in [3.63, 3.8) is 0 Å². The van der Waals surface area contributed by atoms with Crippen LogP contribution in [-0.2, 0) is 14.3 Å². The lowest BCUT2D eigenvalue weighted by Gasteiger charge is -2.19. The summed E-state index contributed by atoms with van der Waals surface area (Å²) >= 11 is 0. The Balaban J connectivity index is 2.66. The first-order valence-corrected chi connectivity index (χ1v) is 6.88. The minimum Gasteiger partial charge on any atom is -0.460 e. The Hall–Kier alpha value is -2.19. The second-order valence-electron chi connectivity index (χ2n) is 5.81. The predicted octanol–water partition coefficient (Wildman–Crippen LogP) is 3.80. The highest BCUT2D eigenvalue weighted by molar-refractivity contribution is 5.74. The summed E-state index contributed by atoms with van der Waals surface area (Å²) < 4.78 is 74.6. The highest BCUT2D eigenvalue weighted by Crippen LogP contribution is 2.29. The average Bonchev–Trinajstić information content (AvgIpc) is 2.45. The van der Waals surface area contributed by atoms with E-state index in [2.05, 4.69) is 4.74 Å². The number of esters is 2. The molecule has 1 aromatic rings. The lowest BCUT2D eigenvalue weighted by molar-refractivity contribution is -0.155. The molecule has 0 aliphatic heterocycles. The number of halogens is 5. The average molecular weight is 354 g/mol. The Morgan fingerprint density at radius 2 is 1.21 bits per heavy atom. The summed E-state index contributed by atoms with van der Waals surface area (Å²) in [6, 6.07) is 0. The van der Waals surface area contributed by atoms with Gasteiger partial charge in [-0.05, 0) is 27.2 Å². The SMILES string of the molecule is CC(C)(C)OC(=O)CCCC(=O)Oc1c(F)c(F)c(F)c(F)c1F. The van der Waals surface area contributed by atoms with Gasteiger partial charge in [0.05, 0.1) is 0 Å². The quantitative estimate of drug-likeness (QED) is 0.265. The Kier molecular flexibility index (Phi) is 6.28. The highest BCUT2D eigenvalue weighted by atomic mass is 19.2. The van der Waals surface area contributed by atoms with Gasteiger partial charge in [0.15, 0.2) is 0 Å². The van der Waals surface area contributed by atoms with E-state index in [4.69, 9.17) is 4.74 Å². The van der Waals surface area contributed by atoms with Crippen LogP contribution in [0.1, 0.15) is 40.0 Å². The van der Waals surface area contributed by atoms with Crippen LogP contribution in [0.3, 0.4) is 0 Å². The van der Waals surface area contributed by atoms with Gasteiger partial charge in [0, 0.05) is 12.8 Å². The molecule has 0 heterocycles. The third kappa shape index (κ3) is 5.17. The molecule has 0 amide bonds. The zero-order valence-electron chi connectivity index (χ0n) is 13.1. The molecular formula is C15H15F5O4. The summed E-state index contributed by atoms with van der Waals surface area (Å²) in [5, 5.41) is 0. The maximum atomic E-state index is 13.3. The van der Waals surface area contributed by atoms with Crippen LogP contribution in [0.15, 0.2) is 0 Å². The zero-order chi connectivity index (χ0) is 18.7. The zero-order valence-corrected chi connectivity index (χ0v) is 13.1. The van der Waals surface area contributed by atoms with E-state index in [9.17, 15) is 31.5 Å². The molecule has 134 valence electrons. The Morgan fingerprint density at radius 3 is 1.67 bits per heavy atom. The van der Waals surface area contributed by atoms with Crippen molar-refractivity contribution in [2.45, 2.75) is 45.6 Å². The Morgan fingerprint density at radius 1 is 0.792 bits per heavy atom. The maximum Gasteiger partial charge on any atom is 0.311 e. The molecule has 1 aromatic carbocycles. The van der Waals surface area contributed by atoms with E-state index >= 15 is 0 Å². The van der Waals surface area contributed by atoms with Gasteiger partial charge in [-0.3, -0.25) is 9.59 Å². The van der Waals surface area contributed by atoms with E-state index in [0.29, 0.717) is 0 Å². The van der Waals surface area contributed by atoms with Gasteiger partial charge in [-0.2, -0.15) is 8.78 Å². The standard InChI is InChI=1S/C15H15F5O4/c1-15(2,3)24-8(22)6-4-5-7(21)23-14-12(19)10(17)9(16)11(18)13(14)20/h4-6H2,1-3H3. The molecule has 0 aromatic heterocycles. The van der Waals surface area contributed by atoms with E-state index in [-0.39, 0.29) is 12.8 Å². The molecule has 4 nitrogen and oxygen atoms in total. The fourth-order valence-electron chi connectivity index (χ4n) is 1.61. The number of carbonyl (C=O) groups excluding carboxylic acids is 2. The molecule has 0 saturated carbocycles. The number of hydrogen-bond acceptors (Lipinski definition) is 4. The summed E-state index contributed by atoms with van der Waals surface area (Å²) in [6.45, 7) is 4.92. The van der Waals surface area contributed by atoms with Crippen molar-refractivity contribution in [1.29, 1.82) is 0 Å². The van der Waals surface area contributed by atoms with Crippen molar-refractivity contribution < 1.29 is 41.0 Å². The monoisotopic (exact) mass is 354 g/mol. The van der Waals surface area contributed by atoms with Crippen molar-refractivity contribution in [1.82, 2.24) is 0 Å². The van der Waals surface area contributed by atoms with Gasteiger partial charge in [-0.15, -0.1) is 0 Å². The molecule has 0 saturated heterocycles. The molecule has 0 atom stereocenters. The van der Waals surface area contributed by atoms with Crippen molar-refractivity contribution in [3.05, 3.63) is 29.1 Å². The number of rotatable bonds is 5. The van der Waals surface area contributed by atoms with Gasteiger partial charge in [-0.1, -0.05) is 0 Å². The molecule has 0 fully saturated rings. The highest BCUT2D eigenvalue weighted by Gasteiger charge is 2.28. The molecule has 0 aliphatic carbocycles. The minimum atomic E-state index is -2.35. The number of benzene rings is 1. The topological polar surface area (TPSA) is 52.6 Å². The van der Waals surface area contributed by atoms with E-state index < -0.39 is 58.8 Å². The Bertz CT molecular complexity index is 623. The van der Waals surface area contributed by atoms with E-state index in [1.54, 1.807) is 20.8 Å². The fourth-order valence-corrected chi connectivity index (χ4v) is 1.61. The minimum absolute atomic E-state index is 0.0802. The van der Waals surface area contributed by atoms with Crippen molar-refractivity contribution >= 4 is 11.9 Å². The first kappa shape index (κ1) is 19.9. The molecule has 24 heavy (non-hydrogen) atoms. The van der Waals surface area contributed by atoms with Gasteiger partial charge in [0.25, 0.3) is 0 Å². The third-order valence-electron chi connectivity index (χ3n) is 2.57. The van der Waals surface area contributed by atoms with Crippen LogP contribution in [0.5, 0.6) is 5.75 Å². The predicted molar refractivity (Wildman–Crippen MR) is 71.6 cm³/mol. The molecule has 0 radical (unpaired) electrons. The molecule has 0 N–H and O–H groups in total. The smallest absolute Gasteiger partial charge is 0.311 e. The largest absolute Gasteiger partial charge is 0.460 e. The summed E-state index contributed by atoms with van der Waals surface area (Å²) in [4.78, 5) is 22.8. The van der Waals surface area contributed by atoms with E-state index in [0.717, 1.165) is 0 Å². The summed E-state index contributed by atoms with van der Waals surface area (Å²) in [5.74, 6) is -14.8. The maximum absolute atomic E-state index is 13.3. The van der Waals surface area contributed by atoms with Crippen LogP contribution in [0, 0.1) is 29.1 Å². The van der Waals surface area contributed by atoms with Crippen LogP contribution in [-0.4, -0.2) is 17.5 Å². The second kappa shape index (κ2) is 7.59. The van der Waals surface area contributed by atoms with E-state index in [1.165, 1.54) is 0 Å². The lowest BCUT2D eigenvalue weighted by Crippen LogP contribution is -2.23. The Labute approximate surface area is 134 Å². The summed E-state index contributed by atoms with van der Waals surface area (Å²) in [7, 11) is 0. The molecule has 0 spiro atoms. The summed E-state index contributed by atoms with van der Waals surface area (Å²) in [5.41, 5.74) is -0.715. The fraction of sp³-hybridized carbons (Fsp3) is 0.467. The third-order valence-corrected chi connectivity index (χ3v) is 2.57. The van der Waals surface area contributed by atoms with Crippen molar-refractivity contribution in [3.8, 4) is 5.75 Å². The van der Waals surface area contributed by atoms with Gasteiger partial charge in [-0.25, -0.2) is 13.2 Å². The van der Waals surface area contributed by atoms with Crippen LogP contribution in [0.2, 0.25) is 0 Å². The van der Waals surface area contributed by atoms with Crippen LogP contribution >= 0.6 is 0 Å². The number of hydrogen-bond donors (Lipinski definition) is 0. The first-order chi connectivity index (χ1) is 10.9.